The van der Waals surface area contributed by atoms with Gasteiger partial charge in [-0.3, -0.25) is 4.72 Å². The molecule has 0 saturated heterocycles. The van der Waals surface area contributed by atoms with Crippen LogP contribution in [0.1, 0.15) is 0 Å². The first-order valence-electron chi connectivity index (χ1n) is 4.95. The monoisotopic (exact) mass is 371 g/mol. The van der Waals surface area contributed by atoms with E-state index in [1.54, 1.807) is 0 Å². The van der Waals surface area contributed by atoms with Crippen LogP contribution in [0.25, 0.3) is 0 Å². The Morgan fingerprint density at radius 1 is 1.05 bits per heavy atom. The maximum atomic E-state index is 12.2. The molecule has 2 rings (SSSR count). The summed E-state index contributed by atoms with van der Waals surface area (Å²) < 4.78 is 26.7. The highest BCUT2D eigenvalue weighted by Gasteiger charge is 2.23. The van der Waals surface area contributed by atoms with Crippen molar-refractivity contribution in [3.05, 3.63) is 44.7 Å². The SMILES string of the molecule is O=S(=O)(Nc1ccnc(Cl)n1)c1c(Cl)cc(Cl)cc1Cl. The number of hydrogen-bond acceptors (Lipinski definition) is 4. The highest BCUT2D eigenvalue weighted by molar-refractivity contribution is 7.93. The molecule has 1 heterocycles. The Hall–Kier alpha value is -0.790. The van der Waals surface area contributed by atoms with E-state index in [0.29, 0.717) is 0 Å². The number of nitrogens with one attached hydrogen (secondary N) is 1. The maximum absolute atomic E-state index is 12.2. The number of anilines is 1. The minimum absolute atomic E-state index is 0.00733. The van der Waals surface area contributed by atoms with E-state index in [1.165, 1.54) is 24.4 Å². The van der Waals surface area contributed by atoms with Gasteiger partial charge in [-0.15, -0.1) is 0 Å². The summed E-state index contributed by atoms with van der Waals surface area (Å²) in [6.07, 6.45) is 1.30. The van der Waals surface area contributed by atoms with Crippen molar-refractivity contribution in [1.82, 2.24) is 9.97 Å². The van der Waals surface area contributed by atoms with Gasteiger partial charge in [0, 0.05) is 11.2 Å². The summed E-state index contributed by atoms with van der Waals surface area (Å²) in [6.45, 7) is 0. The predicted molar refractivity (Wildman–Crippen MR) is 79.3 cm³/mol. The summed E-state index contributed by atoms with van der Waals surface area (Å²) in [7, 11) is -4.03. The number of nitrogens with zero attached hydrogens (tertiary/aromatic N) is 2. The van der Waals surface area contributed by atoms with E-state index >= 15 is 0 Å². The summed E-state index contributed by atoms with van der Waals surface area (Å²) in [5.41, 5.74) is 0. The van der Waals surface area contributed by atoms with Crippen molar-refractivity contribution in [2.75, 3.05) is 4.72 Å². The predicted octanol–water partition coefficient (Wildman–Crippen LogP) is 3.89. The second-order valence-electron chi connectivity index (χ2n) is 3.51. The van der Waals surface area contributed by atoms with Gasteiger partial charge < -0.3 is 0 Å². The third-order valence-electron chi connectivity index (χ3n) is 2.10. The minimum Gasteiger partial charge on any atom is -0.263 e. The smallest absolute Gasteiger partial charge is 0.263 e. The van der Waals surface area contributed by atoms with E-state index in [4.69, 9.17) is 46.4 Å². The molecule has 106 valence electrons. The van der Waals surface area contributed by atoms with E-state index in [2.05, 4.69) is 14.7 Å². The normalized spacial score (nSPS) is 11.4. The minimum atomic E-state index is -4.03. The quantitative estimate of drug-likeness (QED) is 0.829. The summed E-state index contributed by atoms with van der Waals surface area (Å²) in [5.74, 6) is -0.00733. The van der Waals surface area contributed by atoms with Gasteiger partial charge in [-0.05, 0) is 29.8 Å². The lowest BCUT2D eigenvalue weighted by atomic mass is 10.4. The van der Waals surface area contributed by atoms with Gasteiger partial charge in [0.15, 0.2) is 0 Å². The van der Waals surface area contributed by atoms with Crippen LogP contribution in [0.4, 0.5) is 5.82 Å². The molecule has 1 aromatic carbocycles. The lowest BCUT2D eigenvalue weighted by molar-refractivity contribution is 0.601. The van der Waals surface area contributed by atoms with Crippen LogP contribution in [-0.2, 0) is 10.0 Å². The second-order valence-corrected chi connectivity index (χ2v) is 6.72. The third-order valence-corrected chi connectivity index (χ3v) is 4.77. The van der Waals surface area contributed by atoms with Crippen LogP contribution in [0.5, 0.6) is 0 Å². The average Bonchev–Trinajstić information content (AvgIpc) is 2.25. The number of benzene rings is 1. The molecule has 0 aliphatic rings. The molecule has 0 aliphatic carbocycles. The van der Waals surface area contributed by atoms with Gasteiger partial charge >= 0.3 is 0 Å². The molecule has 0 radical (unpaired) electrons. The van der Waals surface area contributed by atoms with E-state index in [1.807, 2.05) is 0 Å². The summed E-state index contributed by atoms with van der Waals surface area (Å²) >= 11 is 23.0. The highest BCUT2D eigenvalue weighted by Crippen LogP contribution is 2.33. The van der Waals surface area contributed by atoms with Gasteiger partial charge in [-0.2, -0.15) is 4.98 Å². The van der Waals surface area contributed by atoms with Gasteiger partial charge in [0.2, 0.25) is 5.28 Å². The van der Waals surface area contributed by atoms with Crippen molar-refractivity contribution in [3.63, 3.8) is 0 Å². The van der Waals surface area contributed by atoms with Gasteiger partial charge in [0.05, 0.1) is 10.0 Å². The Morgan fingerprint density at radius 3 is 2.20 bits per heavy atom. The molecule has 0 saturated carbocycles. The van der Waals surface area contributed by atoms with Crippen molar-refractivity contribution in [3.8, 4) is 0 Å². The van der Waals surface area contributed by atoms with Gasteiger partial charge in [0.1, 0.15) is 10.7 Å². The third kappa shape index (κ3) is 3.45. The van der Waals surface area contributed by atoms with Crippen molar-refractivity contribution in [2.45, 2.75) is 4.90 Å². The van der Waals surface area contributed by atoms with Crippen LogP contribution in [-0.4, -0.2) is 18.4 Å². The second kappa shape index (κ2) is 5.91. The molecule has 1 N–H and O–H groups in total. The molecule has 0 spiro atoms. The standard InChI is InChI=1S/C10H5Cl4N3O2S/c11-5-3-6(12)9(7(13)4-5)20(18,19)17-8-1-2-15-10(14)16-8/h1-4H,(H,15,16,17). The first-order chi connectivity index (χ1) is 9.29. The first-order valence-corrected chi connectivity index (χ1v) is 7.95. The number of halogens is 4. The molecular formula is C10H5Cl4N3O2S. The number of sulfonamides is 1. The maximum Gasteiger partial charge on any atom is 0.266 e. The highest BCUT2D eigenvalue weighted by atomic mass is 35.5. The van der Waals surface area contributed by atoms with Gasteiger partial charge in [0.25, 0.3) is 10.0 Å². The zero-order valence-electron chi connectivity index (χ0n) is 9.44. The van der Waals surface area contributed by atoms with Crippen LogP contribution in [0.2, 0.25) is 20.4 Å². The van der Waals surface area contributed by atoms with Crippen molar-refractivity contribution < 1.29 is 8.42 Å². The Bertz CT molecular complexity index is 744. The molecule has 0 unspecified atom stereocenters. The fraction of sp³-hybridized carbons (Fsp3) is 0. The van der Waals surface area contributed by atoms with Crippen molar-refractivity contribution >= 4 is 62.2 Å². The average molecular weight is 373 g/mol. The lowest BCUT2D eigenvalue weighted by Crippen LogP contribution is -2.15. The fourth-order valence-corrected chi connectivity index (χ4v) is 4.06. The van der Waals surface area contributed by atoms with E-state index < -0.39 is 10.0 Å². The van der Waals surface area contributed by atoms with E-state index in [0.717, 1.165) is 0 Å². The van der Waals surface area contributed by atoms with Gasteiger partial charge in [-0.1, -0.05) is 34.8 Å². The van der Waals surface area contributed by atoms with Crippen LogP contribution in [0.15, 0.2) is 29.3 Å². The van der Waals surface area contributed by atoms with Gasteiger partial charge in [-0.25, -0.2) is 13.4 Å². The molecule has 2 aromatic rings. The summed E-state index contributed by atoms with van der Waals surface area (Å²) in [6, 6.07) is 3.88. The van der Waals surface area contributed by atoms with Crippen LogP contribution in [0.3, 0.4) is 0 Å². The van der Waals surface area contributed by atoms with E-state index in [9.17, 15) is 8.42 Å². The Labute approximate surface area is 134 Å². The number of rotatable bonds is 3. The molecule has 20 heavy (non-hydrogen) atoms. The number of hydrogen-bond donors (Lipinski definition) is 1. The zero-order valence-corrected chi connectivity index (χ0v) is 13.3. The van der Waals surface area contributed by atoms with E-state index in [-0.39, 0.29) is 31.1 Å². The lowest BCUT2D eigenvalue weighted by Gasteiger charge is -2.10. The number of aromatic nitrogens is 2. The Balaban J connectivity index is 2.46. The fourth-order valence-electron chi connectivity index (χ4n) is 1.37. The molecule has 0 aliphatic heterocycles. The molecule has 0 fully saturated rings. The molecule has 0 bridgehead atoms. The Kier molecular flexibility index (Phi) is 4.61. The summed E-state index contributed by atoms with van der Waals surface area (Å²) in [4.78, 5) is 7.06. The van der Waals surface area contributed by atoms with Crippen molar-refractivity contribution in [2.24, 2.45) is 0 Å². The topological polar surface area (TPSA) is 72.0 Å². The molecule has 1 aromatic heterocycles. The largest absolute Gasteiger partial charge is 0.266 e. The molecule has 5 nitrogen and oxygen atoms in total. The molecule has 10 heteroatoms. The molecular weight excluding hydrogens is 368 g/mol. The molecule has 0 amide bonds. The van der Waals surface area contributed by atoms with Crippen LogP contribution >= 0.6 is 46.4 Å². The molecule has 0 atom stereocenters. The summed E-state index contributed by atoms with van der Waals surface area (Å²) in [5, 5.41) is -0.0761. The van der Waals surface area contributed by atoms with Crippen molar-refractivity contribution in [1.29, 1.82) is 0 Å². The van der Waals surface area contributed by atoms with Crippen LogP contribution < -0.4 is 4.72 Å². The van der Waals surface area contributed by atoms with Crippen LogP contribution in [0, 0.1) is 0 Å². The Morgan fingerprint density at radius 2 is 1.65 bits per heavy atom. The first kappa shape index (κ1) is 15.6. The zero-order chi connectivity index (χ0) is 14.9.